The summed E-state index contributed by atoms with van der Waals surface area (Å²) in [4.78, 5) is 1.56. The number of benzene rings is 1. The number of furan rings is 1. The van der Waals surface area contributed by atoms with Crippen LogP contribution >= 0.6 is 23.2 Å². The fraction of sp³-hybridized carbons (Fsp3) is 0.267. The molecule has 1 aromatic carbocycles. The molecule has 0 atom stereocenters. The highest BCUT2D eigenvalue weighted by atomic mass is 35.5. The van der Waals surface area contributed by atoms with Crippen molar-refractivity contribution in [2.45, 2.75) is 26.4 Å². The first-order valence-corrected chi connectivity index (χ1v) is 7.97. The van der Waals surface area contributed by atoms with E-state index in [1.807, 2.05) is 12.1 Å². The second-order valence-electron chi connectivity index (χ2n) is 4.95. The van der Waals surface area contributed by atoms with Gasteiger partial charge in [0.1, 0.15) is 11.5 Å². The third kappa shape index (κ3) is 3.83. The van der Waals surface area contributed by atoms with E-state index in [0.717, 1.165) is 24.3 Å². The van der Waals surface area contributed by atoms with Gasteiger partial charge in [-0.15, -0.1) is 5.10 Å². The van der Waals surface area contributed by atoms with E-state index in [4.69, 9.17) is 27.6 Å². The molecule has 0 aliphatic heterocycles. The Kier molecular flexibility index (Phi) is 4.83. The molecule has 0 radical (unpaired) electrons. The van der Waals surface area contributed by atoms with Gasteiger partial charge in [-0.05, 0) is 42.0 Å². The predicted octanol–water partition coefficient (Wildman–Crippen LogP) is 4.26. The summed E-state index contributed by atoms with van der Waals surface area (Å²) < 4.78 is 5.79. The molecule has 23 heavy (non-hydrogen) atoms. The fourth-order valence-electron chi connectivity index (χ4n) is 2.08. The van der Waals surface area contributed by atoms with Crippen molar-refractivity contribution < 1.29 is 4.42 Å². The molecule has 0 saturated heterocycles. The number of aromatic nitrogens is 4. The first kappa shape index (κ1) is 15.8. The van der Waals surface area contributed by atoms with Gasteiger partial charge in [0.05, 0.1) is 18.1 Å². The number of halogens is 2. The predicted molar refractivity (Wildman–Crippen MR) is 89.6 cm³/mol. The molecule has 1 N–H and O–H groups in total. The molecule has 0 aliphatic rings. The minimum absolute atomic E-state index is 0.454. The number of aryl methyl sites for hydroxylation is 1. The van der Waals surface area contributed by atoms with Gasteiger partial charge in [0.2, 0.25) is 0 Å². The van der Waals surface area contributed by atoms with Crippen molar-refractivity contribution in [1.82, 2.24) is 20.2 Å². The van der Waals surface area contributed by atoms with E-state index in [1.54, 1.807) is 23.0 Å². The zero-order valence-electron chi connectivity index (χ0n) is 12.5. The van der Waals surface area contributed by atoms with Crippen molar-refractivity contribution in [3.05, 3.63) is 46.1 Å². The molecule has 2 aromatic heterocycles. The van der Waals surface area contributed by atoms with Crippen LogP contribution in [0.1, 0.15) is 19.1 Å². The van der Waals surface area contributed by atoms with Crippen molar-refractivity contribution in [3.8, 4) is 11.3 Å². The molecule has 0 bridgehead atoms. The Morgan fingerprint density at radius 1 is 1.22 bits per heavy atom. The van der Waals surface area contributed by atoms with Crippen LogP contribution in [-0.4, -0.2) is 20.2 Å². The van der Waals surface area contributed by atoms with Crippen LogP contribution in [0.25, 0.3) is 11.3 Å². The number of rotatable bonds is 6. The SMILES string of the molecule is CCCn1nnc(NCc2ccc(-c3cc(Cl)ccc3Cl)o2)n1. The highest BCUT2D eigenvalue weighted by molar-refractivity contribution is 6.35. The number of anilines is 1. The molecule has 0 fully saturated rings. The van der Waals surface area contributed by atoms with Crippen LogP contribution in [0.2, 0.25) is 10.0 Å². The van der Waals surface area contributed by atoms with Gasteiger partial charge in [0.15, 0.2) is 0 Å². The maximum Gasteiger partial charge on any atom is 0.263 e. The van der Waals surface area contributed by atoms with E-state index < -0.39 is 0 Å². The Labute approximate surface area is 143 Å². The van der Waals surface area contributed by atoms with E-state index in [9.17, 15) is 0 Å². The number of nitrogens with one attached hydrogen (secondary N) is 1. The van der Waals surface area contributed by atoms with Crippen molar-refractivity contribution in [2.75, 3.05) is 5.32 Å². The van der Waals surface area contributed by atoms with Crippen LogP contribution in [0, 0.1) is 0 Å². The van der Waals surface area contributed by atoms with Crippen molar-refractivity contribution in [3.63, 3.8) is 0 Å². The van der Waals surface area contributed by atoms with Gasteiger partial charge in [0, 0.05) is 10.6 Å². The molecule has 3 rings (SSSR count). The van der Waals surface area contributed by atoms with Crippen LogP contribution in [0.15, 0.2) is 34.7 Å². The van der Waals surface area contributed by atoms with Crippen molar-refractivity contribution in [2.24, 2.45) is 0 Å². The maximum atomic E-state index is 6.18. The normalized spacial score (nSPS) is 10.9. The third-order valence-corrected chi connectivity index (χ3v) is 3.72. The molecule has 0 saturated carbocycles. The summed E-state index contributed by atoms with van der Waals surface area (Å²) in [7, 11) is 0. The first-order valence-electron chi connectivity index (χ1n) is 7.21. The van der Waals surface area contributed by atoms with E-state index in [0.29, 0.717) is 28.3 Å². The van der Waals surface area contributed by atoms with Gasteiger partial charge < -0.3 is 9.73 Å². The molecule has 8 heteroatoms. The Morgan fingerprint density at radius 2 is 2.09 bits per heavy atom. The molecule has 0 aliphatic carbocycles. The Balaban J connectivity index is 1.68. The van der Waals surface area contributed by atoms with Crippen LogP contribution in [-0.2, 0) is 13.1 Å². The van der Waals surface area contributed by atoms with Gasteiger partial charge >= 0.3 is 0 Å². The van der Waals surface area contributed by atoms with Crippen LogP contribution in [0.3, 0.4) is 0 Å². The van der Waals surface area contributed by atoms with Gasteiger partial charge in [-0.25, -0.2) is 0 Å². The topological polar surface area (TPSA) is 68.8 Å². The lowest BCUT2D eigenvalue weighted by atomic mass is 10.2. The molecule has 120 valence electrons. The molecular formula is C15H15Cl2N5O. The highest BCUT2D eigenvalue weighted by Crippen LogP contribution is 2.31. The second kappa shape index (κ2) is 7.02. The summed E-state index contributed by atoms with van der Waals surface area (Å²) in [6.45, 7) is 3.25. The second-order valence-corrected chi connectivity index (χ2v) is 5.80. The molecule has 0 amide bonds. The lowest BCUT2D eigenvalue weighted by molar-refractivity contribution is 0.514. The Hall–Kier alpha value is -2.05. The number of hydrogen-bond acceptors (Lipinski definition) is 5. The molecule has 6 nitrogen and oxygen atoms in total. The maximum absolute atomic E-state index is 6.18. The van der Waals surface area contributed by atoms with Crippen LogP contribution in [0.4, 0.5) is 5.95 Å². The zero-order valence-corrected chi connectivity index (χ0v) is 14.0. The minimum Gasteiger partial charge on any atom is -0.459 e. The highest BCUT2D eigenvalue weighted by Gasteiger charge is 2.10. The number of hydrogen-bond donors (Lipinski definition) is 1. The van der Waals surface area contributed by atoms with Gasteiger partial charge in [0.25, 0.3) is 5.95 Å². The average molecular weight is 352 g/mol. The molecule has 2 heterocycles. The van der Waals surface area contributed by atoms with Gasteiger partial charge in [-0.1, -0.05) is 35.2 Å². The summed E-state index contributed by atoms with van der Waals surface area (Å²) in [5.41, 5.74) is 0.762. The van der Waals surface area contributed by atoms with Gasteiger partial charge in [-0.3, -0.25) is 0 Å². The molecular weight excluding hydrogens is 337 g/mol. The Morgan fingerprint density at radius 3 is 2.91 bits per heavy atom. The monoisotopic (exact) mass is 351 g/mol. The average Bonchev–Trinajstić information content (AvgIpc) is 3.17. The standard InChI is InChI=1S/C15H15Cl2N5O/c1-2-7-22-20-15(19-21-22)18-9-11-4-6-14(23-11)12-8-10(16)3-5-13(12)17/h3-6,8H,2,7,9H2,1H3,(H,18,20). The fourth-order valence-corrected chi connectivity index (χ4v) is 2.46. The van der Waals surface area contributed by atoms with E-state index >= 15 is 0 Å². The first-order chi connectivity index (χ1) is 11.2. The van der Waals surface area contributed by atoms with E-state index in [1.165, 1.54) is 0 Å². The van der Waals surface area contributed by atoms with Crippen LogP contribution < -0.4 is 5.32 Å². The smallest absolute Gasteiger partial charge is 0.263 e. The summed E-state index contributed by atoms with van der Waals surface area (Å²) in [6.07, 6.45) is 0.956. The molecule has 0 unspecified atom stereocenters. The summed E-state index contributed by atoms with van der Waals surface area (Å²) >= 11 is 12.2. The minimum atomic E-state index is 0.454. The summed E-state index contributed by atoms with van der Waals surface area (Å²) in [6, 6.07) is 8.99. The third-order valence-electron chi connectivity index (χ3n) is 3.15. The van der Waals surface area contributed by atoms with Crippen molar-refractivity contribution >= 4 is 29.2 Å². The number of tetrazole rings is 1. The quantitative estimate of drug-likeness (QED) is 0.718. The van der Waals surface area contributed by atoms with E-state index in [2.05, 4.69) is 27.7 Å². The van der Waals surface area contributed by atoms with Crippen LogP contribution in [0.5, 0.6) is 0 Å². The zero-order chi connectivity index (χ0) is 16.2. The molecule has 0 spiro atoms. The van der Waals surface area contributed by atoms with Crippen molar-refractivity contribution in [1.29, 1.82) is 0 Å². The summed E-state index contributed by atoms with van der Waals surface area (Å²) in [5, 5.41) is 16.4. The number of nitrogens with zero attached hydrogens (tertiary/aromatic N) is 4. The summed E-state index contributed by atoms with van der Waals surface area (Å²) in [5.74, 6) is 1.87. The largest absolute Gasteiger partial charge is 0.459 e. The van der Waals surface area contributed by atoms with Gasteiger partial charge in [-0.2, -0.15) is 4.80 Å². The molecule has 3 aromatic rings. The van der Waals surface area contributed by atoms with E-state index in [-0.39, 0.29) is 0 Å². The lowest BCUT2D eigenvalue weighted by Gasteiger charge is -2.02. The Bertz CT molecular complexity index is 799. The lowest BCUT2D eigenvalue weighted by Crippen LogP contribution is -2.03.